The van der Waals surface area contributed by atoms with Crippen molar-refractivity contribution < 1.29 is 5.11 Å². The maximum absolute atomic E-state index is 10.3. The van der Waals surface area contributed by atoms with Crippen LogP contribution in [0.4, 0.5) is 0 Å². The van der Waals surface area contributed by atoms with E-state index in [1.54, 1.807) is 0 Å². The Hall–Kier alpha value is -0.470. The van der Waals surface area contributed by atoms with E-state index in [0.29, 0.717) is 0 Å². The minimum atomic E-state index is -0.571. The van der Waals surface area contributed by atoms with Gasteiger partial charge in [-0.3, -0.25) is 0 Å². The first-order valence-corrected chi connectivity index (χ1v) is 5.17. The molecule has 1 aromatic carbocycles. The largest absolute Gasteiger partial charge is 0.385 e. The van der Waals surface area contributed by atoms with Crippen molar-refractivity contribution in [2.45, 2.75) is 36.2 Å². The molecule has 0 spiro atoms. The van der Waals surface area contributed by atoms with Crippen molar-refractivity contribution in [2.75, 3.05) is 0 Å². The van der Waals surface area contributed by atoms with E-state index in [1.165, 1.54) is 0 Å². The Morgan fingerprint density at radius 3 is 2.54 bits per heavy atom. The van der Waals surface area contributed by atoms with Crippen LogP contribution in [0.3, 0.4) is 0 Å². The first-order chi connectivity index (χ1) is 6.21. The summed E-state index contributed by atoms with van der Waals surface area (Å²) >= 11 is 4.27. The van der Waals surface area contributed by atoms with Crippen LogP contribution in [0, 0.1) is 0 Å². The highest BCUT2D eigenvalue weighted by molar-refractivity contribution is 7.80. The third-order valence-corrected chi connectivity index (χ3v) is 3.09. The van der Waals surface area contributed by atoms with Gasteiger partial charge in [-0.05, 0) is 30.5 Å². The van der Waals surface area contributed by atoms with Crippen LogP contribution in [-0.2, 0) is 5.60 Å². The van der Waals surface area contributed by atoms with Gasteiger partial charge in [0.25, 0.3) is 0 Å². The summed E-state index contributed by atoms with van der Waals surface area (Å²) in [7, 11) is 0. The molecule has 1 nitrogen and oxygen atoms in total. The smallest absolute Gasteiger partial charge is 0.0897 e. The number of aliphatic hydroxyl groups is 1. The van der Waals surface area contributed by atoms with Gasteiger partial charge in [-0.2, -0.15) is 0 Å². The van der Waals surface area contributed by atoms with E-state index in [4.69, 9.17) is 0 Å². The van der Waals surface area contributed by atoms with Gasteiger partial charge in [-0.25, -0.2) is 0 Å². The summed E-state index contributed by atoms with van der Waals surface area (Å²) in [5, 5.41) is 10.3. The Labute approximate surface area is 84.2 Å². The fraction of sp³-hybridized carbons (Fsp3) is 0.455. The number of hydrogen-bond acceptors (Lipinski definition) is 2. The maximum atomic E-state index is 10.3. The molecule has 1 aromatic rings. The molecule has 13 heavy (non-hydrogen) atoms. The van der Waals surface area contributed by atoms with Crippen LogP contribution in [-0.4, -0.2) is 5.11 Å². The highest BCUT2D eigenvalue weighted by Gasteiger charge is 2.32. The summed E-state index contributed by atoms with van der Waals surface area (Å²) in [6.07, 6.45) is 4.05. The van der Waals surface area contributed by atoms with E-state index in [-0.39, 0.29) is 0 Å². The van der Waals surface area contributed by atoms with Gasteiger partial charge < -0.3 is 5.11 Å². The van der Waals surface area contributed by atoms with E-state index in [0.717, 1.165) is 36.1 Å². The lowest BCUT2D eigenvalue weighted by atomic mass is 9.92. The van der Waals surface area contributed by atoms with Crippen molar-refractivity contribution in [1.29, 1.82) is 0 Å². The Kier molecular flexibility index (Phi) is 2.35. The Bertz CT molecular complexity index is 303. The minimum absolute atomic E-state index is 0.571. The molecule has 1 aliphatic carbocycles. The van der Waals surface area contributed by atoms with Crippen LogP contribution in [0.25, 0.3) is 0 Å². The van der Waals surface area contributed by atoms with Gasteiger partial charge in [-0.15, -0.1) is 12.6 Å². The summed E-state index contributed by atoms with van der Waals surface area (Å²) in [4.78, 5) is 0.929. The van der Waals surface area contributed by atoms with Crippen molar-refractivity contribution in [1.82, 2.24) is 0 Å². The second-order valence-corrected chi connectivity index (χ2v) is 4.31. The SMILES string of the molecule is OC1(c2cccc(S)c2)CCCC1. The van der Waals surface area contributed by atoms with Crippen LogP contribution in [0.5, 0.6) is 0 Å². The van der Waals surface area contributed by atoms with Crippen molar-refractivity contribution in [3.63, 3.8) is 0 Å². The van der Waals surface area contributed by atoms with Gasteiger partial charge in [0, 0.05) is 4.90 Å². The Morgan fingerprint density at radius 1 is 1.23 bits per heavy atom. The number of rotatable bonds is 1. The molecule has 70 valence electrons. The molecule has 1 fully saturated rings. The zero-order valence-corrected chi connectivity index (χ0v) is 8.43. The summed E-state index contributed by atoms with van der Waals surface area (Å²) in [5.41, 5.74) is 0.455. The number of benzene rings is 1. The first kappa shape index (κ1) is 9.10. The lowest BCUT2D eigenvalue weighted by Crippen LogP contribution is -2.20. The van der Waals surface area contributed by atoms with Crippen LogP contribution in [0.2, 0.25) is 0 Å². The topological polar surface area (TPSA) is 20.2 Å². The van der Waals surface area contributed by atoms with Crippen LogP contribution < -0.4 is 0 Å². The molecular weight excluding hydrogens is 180 g/mol. The van der Waals surface area contributed by atoms with Crippen molar-refractivity contribution in [3.05, 3.63) is 29.8 Å². The molecule has 0 radical (unpaired) electrons. The zero-order valence-electron chi connectivity index (χ0n) is 7.53. The summed E-state index contributed by atoms with van der Waals surface area (Å²) in [6, 6.07) is 7.85. The average Bonchev–Trinajstić information content (AvgIpc) is 2.54. The third kappa shape index (κ3) is 1.74. The van der Waals surface area contributed by atoms with E-state index in [1.807, 2.05) is 24.3 Å². The van der Waals surface area contributed by atoms with E-state index >= 15 is 0 Å². The maximum Gasteiger partial charge on any atom is 0.0897 e. The van der Waals surface area contributed by atoms with Gasteiger partial charge in [-0.1, -0.05) is 25.0 Å². The molecule has 0 saturated heterocycles. The Morgan fingerprint density at radius 2 is 1.92 bits per heavy atom. The molecule has 0 aliphatic heterocycles. The predicted molar refractivity (Wildman–Crippen MR) is 56.1 cm³/mol. The van der Waals surface area contributed by atoms with Crippen molar-refractivity contribution in [3.8, 4) is 0 Å². The molecule has 0 unspecified atom stereocenters. The molecule has 0 atom stereocenters. The normalized spacial score (nSPS) is 20.5. The summed E-state index contributed by atoms with van der Waals surface area (Å²) < 4.78 is 0. The van der Waals surface area contributed by atoms with E-state index < -0.39 is 5.60 Å². The molecule has 1 saturated carbocycles. The molecule has 0 amide bonds. The molecule has 0 bridgehead atoms. The highest BCUT2D eigenvalue weighted by atomic mass is 32.1. The summed E-state index contributed by atoms with van der Waals surface area (Å²) in [5.74, 6) is 0. The molecule has 2 heteroatoms. The highest BCUT2D eigenvalue weighted by Crippen LogP contribution is 2.38. The number of hydrogen-bond donors (Lipinski definition) is 2. The second kappa shape index (κ2) is 3.35. The first-order valence-electron chi connectivity index (χ1n) is 4.73. The van der Waals surface area contributed by atoms with E-state index in [2.05, 4.69) is 12.6 Å². The quantitative estimate of drug-likeness (QED) is 0.659. The number of thiol groups is 1. The van der Waals surface area contributed by atoms with Gasteiger partial charge in [0.2, 0.25) is 0 Å². The van der Waals surface area contributed by atoms with Crippen LogP contribution in [0.15, 0.2) is 29.2 Å². The lowest BCUT2D eigenvalue weighted by Gasteiger charge is -2.22. The fourth-order valence-electron chi connectivity index (χ4n) is 2.04. The van der Waals surface area contributed by atoms with Gasteiger partial charge in [0.15, 0.2) is 0 Å². The van der Waals surface area contributed by atoms with Gasteiger partial charge >= 0.3 is 0 Å². The van der Waals surface area contributed by atoms with E-state index in [9.17, 15) is 5.11 Å². The average molecular weight is 194 g/mol. The zero-order chi connectivity index (χ0) is 9.31. The molecule has 1 aliphatic rings. The molecule has 0 aromatic heterocycles. The lowest BCUT2D eigenvalue weighted by molar-refractivity contribution is 0.0443. The summed E-state index contributed by atoms with van der Waals surface area (Å²) in [6.45, 7) is 0. The predicted octanol–water partition coefficient (Wildman–Crippen LogP) is 2.74. The Balaban J connectivity index is 2.33. The van der Waals surface area contributed by atoms with Gasteiger partial charge in [0.1, 0.15) is 0 Å². The molecule has 2 rings (SSSR count). The second-order valence-electron chi connectivity index (χ2n) is 3.79. The molecular formula is C11H14OS. The van der Waals surface area contributed by atoms with Crippen molar-refractivity contribution in [2.24, 2.45) is 0 Å². The standard InChI is InChI=1S/C11H14OS/c12-11(6-1-2-7-11)9-4-3-5-10(13)8-9/h3-5,8,12-13H,1-2,6-7H2. The third-order valence-electron chi connectivity index (χ3n) is 2.81. The minimum Gasteiger partial charge on any atom is -0.385 e. The fourth-order valence-corrected chi connectivity index (χ4v) is 2.27. The van der Waals surface area contributed by atoms with Gasteiger partial charge in [0.05, 0.1) is 5.60 Å². The monoisotopic (exact) mass is 194 g/mol. The molecule has 0 heterocycles. The van der Waals surface area contributed by atoms with Crippen molar-refractivity contribution >= 4 is 12.6 Å². The van der Waals surface area contributed by atoms with Crippen LogP contribution in [0.1, 0.15) is 31.2 Å². The molecule has 1 N–H and O–H groups in total. The van der Waals surface area contributed by atoms with Crippen LogP contribution >= 0.6 is 12.6 Å².